The number of carbonyl (C=O) groups excluding carboxylic acids is 1. The van der Waals surface area contributed by atoms with Gasteiger partial charge in [0.05, 0.1) is 6.61 Å². The van der Waals surface area contributed by atoms with Crippen LogP contribution in [0.1, 0.15) is 30.1 Å². The summed E-state index contributed by atoms with van der Waals surface area (Å²) in [5.41, 5.74) is 0.742. The minimum atomic E-state index is 0.126. The lowest BCUT2D eigenvalue weighted by Crippen LogP contribution is -2.40. The molecule has 1 atom stereocenters. The summed E-state index contributed by atoms with van der Waals surface area (Å²) in [7, 11) is 1.93. The van der Waals surface area contributed by atoms with Crippen molar-refractivity contribution in [3.05, 3.63) is 29.8 Å². The smallest absolute Gasteiger partial charge is 0.254 e. The van der Waals surface area contributed by atoms with Crippen molar-refractivity contribution in [1.29, 1.82) is 0 Å². The van der Waals surface area contributed by atoms with Gasteiger partial charge in [0.15, 0.2) is 0 Å². The molecule has 0 spiro atoms. The summed E-state index contributed by atoms with van der Waals surface area (Å²) in [4.78, 5) is 14.4. The van der Waals surface area contributed by atoms with Gasteiger partial charge in [-0.15, -0.1) is 0 Å². The lowest BCUT2D eigenvalue weighted by molar-refractivity contribution is 0.0737. The van der Waals surface area contributed by atoms with Crippen molar-refractivity contribution in [3.63, 3.8) is 0 Å². The predicted molar refractivity (Wildman–Crippen MR) is 75.6 cm³/mol. The van der Waals surface area contributed by atoms with Crippen molar-refractivity contribution < 1.29 is 9.53 Å². The van der Waals surface area contributed by atoms with Gasteiger partial charge in [-0.2, -0.15) is 0 Å². The van der Waals surface area contributed by atoms with Crippen molar-refractivity contribution in [1.82, 2.24) is 10.2 Å². The van der Waals surface area contributed by atoms with Crippen LogP contribution in [-0.2, 0) is 0 Å². The lowest BCUT2D eigenvalue weighted by atomic mass is 10.1. The number of likely N-dealkylation sites (N-methyl/N-ethyl adjacent to an activating group) is 1. The average Bonchev–Trinajstić information content (AvgIpc) is 2.88. The molecule has 1 unspecified atom stereocenters. The highest BCUT2D eigenvalue weighted by Crippen LogP contribution is 2.21. The molecule has 0 saturated carbocycles. The minimum Gasteiger partial charge on any atom is -0.494 e. The molecule has 0 bridgehead atoms. The van der Waals surface area contributed by atoms with E-state index in [0.29, 0.717) is 12.6 Å². The minimum absolute atomic E-state index is 0.126. The van der Waals surface area contributed by atoms with Gasteiger partial charge >= 0.3 is 0 Å². The molecular formula is C15H22N2O2. The van der Waals surface area contributed by atoms with Gasteiger partial charge in [0.2, 0.25) is 0 Å². The number of benzene rings is 1. The van der Waals surface area contributed by atoms with E-state index in [2.05, 4.69) is 5.32 Å². The zero-order valence-electron chi connectivity index (χ0n) is 11.7. The molecule has 1 fully saturated rings. The molecule has 1 heterocycles. The highest BCUT2D eigenvalue weighted by Gasteiger charge is 2.28. The molecule has 104 valence electrons. The average molecular weight is 262 g/mol. The summed E-state index contributed by atoms with van der Waals surface area (Å²) in [6, 6.07) is 7.74. The van der Waals surface area contributed by atoms with Gasteiger partial charge in [-0.05, 0) is 51.1 Å². The molecule has 1 saturated heterocycles. The number of ether oxygens (including phenoxy) is 1. The van der Waals surface area contributed by atoms with Gasteiger partial charge in [0, 0.05) is 24.7 Å². The fourth-order valence-electron chi connectivity index (χ4n) is 2.58. The van der Waals surface area contributed by atoms with Crippen LogP contribution in [0.15, 0.2) is 24.3 Å². The van der Waals surface area contributed by atoms with Gasteiger partial charge in [-0.25, -0.2) is 0 Å². The van der Waals surface area contributed by atoms with E-state index in [1.54, 1.807) is 0 Å². The Hall–Kier alpha value is -1.55. The van der Waals surface area contributed by atoms with Crippen molar-refractivity contribution in [2.24, 2.45) is 0 Å². The first-order valence-corrected chi connectivity index (χ1v) is 6.94. The maximum atomic E-state index is 12.5. The number of carbonyl (C=O) groups is 1. The summed E-state index contributed by atoms with van der Waals surface area (Å²) >= 11 is 0. The second-order valence-corrected chi connectivity index (χ2v) is 4.81. The summed E-state index contributed by atoms with van der Waals surface area (Å²) in [5.74, 6) is 0.938. The highest BCUT2D eigenvalue weighted by molar-refractivity contribution is 5.94. The van der Waals surface area contributed by atoms with Crippen molar-refractivity contribution in [2.45, 2.75) is 25.8 Å². The van der Waals surface area contributed by atoms with E-state index in [1.807, 2.05) is 43.1 Å². The van der Waals surface area contributed by atoms with Crippen molar-refractivity contribution >= 4 is 5.91 Å². The lowest BCUT2D eigenvalue weighted by Gasteiger charge is -2.24. The number of nitrogens with one attached hydrogen (secondary N) is 1. The standard InChI is InChI=1S/C15H22N2O2/c1-3-19-14-8-6-12(7-9-14)15(18)17-10-4-5-13(17)11-16-2/h6-9,13,16H,3-5,10-11H2,1-2H3. The third-order valence-electron chi connectivity index (χ3n) is 3.49. The number of hydrogen-bond acceptors (Lipinski definition) is 3. The van der Waals surface area contributed by atoms with Crippen LogP contribution in [0, 0.1) is 0 Å². The Morgan fingerprint density at radius 3 is 2.79 bits per heavy atom. The van der Waals surface area contributed by atoms with Gasteiger partial charge in [-0.3, -0.25) is 4.79 Å². The van der Waals surface area contributed by atoms with Gasteiger partial charge < -0.3 is 15.0 Å². The second kappa shape index (κ2) is 6.57. The molecule has 0 aromatic heterocycles. The van der Waals surface area contributed by atoms with Crippen LogP contribution in [0.5, 0.6) is 5.75 Å². The van der Waals surface area contributed by atoms with Gasteiger partial charge in [-0.1, -0.05) is 0 Å². The molecule has 4 nitrogen and oxygen atoms in total. The normalized spacial score (nSPS) is 18.6. The van der Waals surface area contributed by atoms with E-state index >= 15 is 0 Å². The summed E-state index contributed by atoms with van der Waals surface area (Å²) in [5, 5.41) is 3.16. The third-order valence-corrected chi connectivity index (χ3v) is 3.49. The van der Waals surface area contributed by atoms with Crippen LogP contribution in [0.4, 0.5) is 0 Å². The van der Waals surface area contributed by atoms with Gasteiger partial charge in [0.1, 0.15) is 5.75 Å². The molecular weight excluding hydrogens is 240 g/mol. The van der Waals surface area contributed by atoms with Crippen LogP contribution in [0.3, 0.4) is 0 Å². The molecule has 1 aliphatic rings. The second-order valence-electron chi connectivity index (χ2n) is 4.81. The first kappa shape index (κ1) is 13.9. The Morgan fingerprint density at radius 2 is 2.16 bits per heavy atom. The maximum Gasteiger partial charge on any atom is 0.254 e. The summed E-state index contributed by atoms with van der Waals surface area (Å²) < 4.78 is 5.39. The largest absolute Gasteiger partial charge is 0.494 e. The highest BCUT2D eigenvalue weighted by atomic mass is 16.5. The fraction of sp³-hybridized carbons (Fsp3) is 0.533. The maximum absolute atomic E-state index is 12.5. The predicted octanol–water partition coefficient (Wildman–Crippen LogP) is 1.91. The fourth-order valence-corrected chi connectivity index (χ4v) is 2.58. The third kappa shape index (κ3) is 3.26. The zero-order chi connectivity index (χ0) is 13.7. The Kier molecular flexibility index (Phi) is 4.80. The quantitative estimate of drug-likeness (QED) is 0.881. The van der Waals surface area contributed by atoms with Gasteiger partial charge in [0.25, 0.3) is 5.91 Å². The number of likely N-dealkylation sites (tertiary alicyclic amines) is 1. The Balaban J connectivity index is 2.06. The van der Waals surface area contributed by atoms with Crippen LogP contribution in [0.2, 0.25) is 0 Å². The van der Waals surface area contributed by atoms with Crippen molar-refractivity contribution in [2.75, 3.05) is 26.7 Å². The van der Waals surface area contributed by atoms with E-state index in [0.717, 1.165) is 37.2 Å². The molecule has 2 rings (SSSR count). The summed E-state index contributed by atoms with van der Waals surface area (Å²) in [6.45, 7) is 4.32. The van der Waals surface area contributed by atoms with E-state index in [-0.39, 0.29) is 5.91 Å². The number of amides is 1. The monoisotopic (exact) mass is 262 g/mol. The topological polar surface area (TPSA) is 41.6 Å². The van der Waals surface area contributed by atoms with Crippen LogP contribution in [-0.4, -0.2) is 43.6 Å². The molecule has 1 aromatic carbocycles. The molecule has 19 heavy (non-hydrogen) atoms. The Morgan fingerprint density at radius 1 is 1.42 bits per heavy atom. The molecule has 0 radical (unpaired) electrons. The molecule has 1 N–H and O–H groups in total. The van der Waals surface area contributed by atoms with E-state index in [1.165, 1.54) is 0 Å². The summed E-state index contributed by atoms with van der Waals surface area (Å²) in [6.07, 6.45) is 2.18. The zero-order valence-corrected chi connectivity index (χ0v) is 11.7. The van der Waals surface area contributed by atoms with Crippen LogP contribution < -0.4 is 10.1 Å². The molecule has 0 aliphatic carbocycles. The molecule has 1 amide bonds. The molecule has 4 heteroatoms. The van der Waals surface area contributed by atoms with E-state index in [4.69, 9.17) is 4.74 Å². The molecule has 1 aromatic rings. The van der Waals surface area contributed by atoms with Crippen LogP contribution >= 0.6 is 0 Å². The molecule has 1 aliphatic heterocycles. The van der Waals surface area contributed by atoms with Crippen LogP contribution in [0.25, 0.3) is 0 Å². The number of rotatable bonds is 5. The first-order valence-electron chi connectivity index (χ1n) is 6.94. The van der Waals surface area contributed by atoms with E-state index in [9.17, 15) is 4.79 Å². The van der Waals surface area contributed by atoms with Crippen molar-refractivity contribution in [3.8, 4) is 5.75 Å². The Labute approximate surface area is 114 Å². The SMILES string of the molecule is CCOc1ccc(C(=O)N2CCCC2CNC)cc1. The number of hydrogen-bond donors (Lipinski definition) is 1. The Bertz CT molecular complexity index is 417. The van der Waals surface area contributed by atoms with E-state index < -0.39 is 0 Å². The number of nitrogens with zero attached hydrogens (tertiary/aromatic N) is 1. The first-order chi connectivity index (χ1) is 9.26.